The highest BCUT2D eigenvalue weighted by atomic mass is 15.2. The zero-order chi connectivity index (χ0) is 73.3. The standard InChI is InChI=1S/2C51H30N4/c1-52-45-25-15-20-36(50(45)53-2)33-30-34(54-46-26-11-5-18-39(46)40-19-6-12-27-47(40)54)32-35(31-33)55-48-28-13-9-23-43(48)51(44-24-10-14-29-49(44)55)41-21-7-3-16-37(41)38-17-4-8-22-42(38)51;1-53-46-28-33(32-52)26-27-37(46)34-29-35(54-47-22-10-4-16-40(47)41-17-5-11-23-48(41)54)31-36(30-34)55-49-24-12-8-20-44(49)51(45-21-9-13-25-50(45)55)42-18-6-2-14-38(42)39-15-3-7-19-43(39)51/h3-32H;2-31H. The van der Waals surface area contributed by atoms with Gasteiger partial charge in [0.25, 0.3) is 0 Å². The van der Waals surface area contributed by atoms with Crippen LogP contribution in [0.1, 0.15) is 50.1 Å². The van der Waals surface area contributed by atoms with E-state index in [9.17, 15) is 5.26 Å². The third kappa shape index (κ3) is 8.91. The Morgan fingerprint density at radius 1 is 0.255 bits per heavy atom. The van der Waals surface area contributed by atoms with Crippen molar-refractivity contribution >= 4 is 94.8 Å². The van der Waals surface area contributed by atoms with Crippen LogP contribution in [0.5, 0.6) is 0 Å². The van der Waals surface area contributed by atoms with Gasteiger partial charge >= 0.3 is 0 Å². The maximum atomic E-state index is 9.74. The lowest BCUT2D eigenvalue weighted by molar-refractivity contribution is 0.752. The highest BCUT2D eigenvalue weighted by Crippen LogP contribution is 2.66. The molecule has 2 aliphatic carbocycles. The van der Waals surface area contributed by atoms with E-state index in [1.54, 1.807) is 18.2 Å². The average molecular weight is 1400 g/mol. The van der Waals surface area contributed by atoms with Gasteiger partial charge in [0.1, 0.15) is 0 Å². The maximum absolute atomic E-state index is 9.74. The van der Waals surface area contributed by atoms with Crippen LogP contribution in [0.25, 0.3) is 114 Å². The first kappa shape index (κ1) is 63.2. The molecule has 2 aliphatic heterocycles. The second-order valence-electron chi connectivity index (χ2n) is 28.5. The van der Waals surface area contributed by atoms with Gasteiger partial charge in [-0.25, -0.2) is 9.69 Å². The van der Waals surface area contributed by atoms with Gasteiger partial charge in [-0.1, -0.05) is 267 Å². The first-order valence-corrected chi connectivity index (χ1v) is 36.9. The van der Waals surface area contributed by atoms with Crippen LogP contribution in [-0.2, 0) is 10.8 Å². The zero-order valence-electron chi connectivity index (χ0n) is 59.2. The van der Waals surface area contributed by atoms with Crippen molar-refractivity contribution in [2.75, 3.05) is 9.80 Å². The Morgan fingerprint density at radius 2 is 0.564 bits per heavy atom. The minimum absolute atomic E-state index is 0.352. The number of nitriles is 1. The molecule has 22 rings (SSSR count). The van der Waals surface area contributed by atoms with Gasteiger partial charge < -0.3 is 18.9 Å². The molecule has 0 amide bonds. The molecule has 0 radical (unpaired) electrons. The molecule has 0 fully saturated rings. The highest BCUT2D eigenvalue weighted by Gasteiger charge is 2.53. The van der Waals surface area contributed by atoms with Crippen molar-refractivity contribution in [3.63, 3.8) is 0 Å². The average Bonchev–Trinajstić information content (AvgIpc) is 1.47. The molecule has 18 aromatic rings. The van der Waals surface area contributed by atoms with Gasteiger partial charge in [0, 0.05) is 49.9 Å². The van der Waals surface area contributed by atoms with E-state index in [0.29, 0.717) is 22.6 Å². The van der Waals surface area contributed by atoms with Crippen molar-refractivity contribution in [3.8, 4) is 62.0 Å². The molecule has 0 unspecified atom stereocenters. The third-order valence-electron chi connectivity index (χ3n) is 23.2. The van der Waals surface area contributed by atoms with Crippen LogP contribution in [0.4, 0.5) is 51.2 Å². The SMILES string of the molecule is [C-]#[N+]c1cc(C#N)ccc1-c1cc(N2c3ccccc3C3(c4ccccc4-c4ccccc43)c3ccccc32)cc(-n2c3ccccc3c3ccccc32)c1.[C-]#[N+]c1cccc(-c2cc(N3c4ccccc4C4(c5ccccc5-c5ccccc54)c4ccccc43)cc(-n3c4ccccc4c4ccccc43)c2)c1[N+]#[C-]. The predicted molar refractivity (Wildman–Crippen MR) is 447 cm³/mol. The largest absolute Gasteiger partial charge is 0.310 e. The second kappa shape index (κ2) is 24.6. The first-order valence-electron chi connectivity index (χ1n) is 36.9. The lowest BCUT2D eigenvalue weighted by atomic mass is 9.64. The highest BCUT2D eigenvalue weighted by molar-refractivity contribution is 6.11. The molecular formula is C102H60N8. The van der Waals surface area contributed by atoms with Gasteiger partial charge in [0.15, 0.2) is 11.4 Å². The first-order chi connectivity index (χ1) is 54.4. The summed E-state index contributed by atoms with van der Waals surface area (Å²) >= 11 is 0. The summed E-state index contributed by atoms with van der Waals surface area (Å²) in [4.78, 5) is 16.4. The molecule has 2 aromatic heterocycles. The Balaban J connectivity index is 0.000000140. The summed E-state index contributed by atoms with van der Waals surface area (Å²) in [7, 11) is 0. The van der Waals surface area contributed by atoms with Crippen LogP contribution in [0.3, 0.4) is 0 Å². The van der Waals surface area contributed by atoms with Crippen LogP contribution in [-0.4, -0.2) is 9.13 Å². The summed E-state index contributed by atoms with van der Waals surface area (Å²) in [5, 5.41) is 14.5. The number of para-hydroxylation sites is 9. The molecule has 508 valence electrons. The number of anilines is 6. The molecule has 0 bridgehead atoms. The van der Waals surface area contributed by atoms with Gasteiger partial charge in [0.2, 0.25) is 5.69 Å². The molecular weight excluding hydrogens is 1340 g/mol. The van der Waals surface area contributed by atoms with Crippen molar-refractivity contribution in [1.29, 1.82) is 5.26 Å². The quantitative estimate of drug-likeness (QED) is 0.156. The normalized spacial score (nSPS) is 13.2. The number of benzene rings is 16. The van der Waals surface area contributed by atoms with Gasteiger partial charge in [-0.2, -0.15) is 5.26 Å². The zero-order valence-corrected chi connectivity index (χ0v) is 59.2. The molecule has 8 heteroatoms. The van der Waals surface area contributed by atoms with Crippen molar-refractivity contribution in [2.24, 2.45) is 0 Å². The van der Waals surface area contributed by atoms with Crippen molar-refractivity contribution in [2.45, 2.75) is 10.8 Å². The summed E-state index contributed by atoms with van der Waals surface area (Å²) in [5.74, 6) is 0. The van der Waals surface area contributed by atoms with E-state index in [2.05, 4.69) is 367 Å². The molecule has 110 heavy (non-hydrogen) atoms. The molecule has 0 atom stereocenters. The van der Waals surface area contributed by atoms with E-state index in [4.69, 9.17) is 19.7 Å². The van der Waals surface area contributed by atoms with Crippen LogP contribution in [0.2, 0.25) is 0 Å². The molecule has 0 saturated heterocycles. The Morgan fingerprint density at radius 3 is 0.918 bits per heavy atom. The molecule has 2 spiro atoms. The smallest absolute Gasteiger partial charge is 0.202 e. The van der Waals surface area contributed by atoms with Gasteiger partial charge in [-0.3, -0.25) is 4.85 Å². The lowest BCUT2D eigenvalue weighted by Gasteiger charge is -2.45. The topological polar surface area (TPSA) is 53.2 Å². The van der Waals surface area contributed by atoms with Gasteiger partial charge in [0.05, 0.1) is 81.4 Å². The molecule has 8 nitrogen and oxygen atoms in total. The van der Waals surface area contributed by atoms with Crippen LogP contribution in [0, 0.1) is 31.0 Å². The van der Waals surface area contributed by atoms with Gasteiger partial charge in [-0.15, -0.1) is 0 Å². The minimum Gasteiger partial charge on any atom is -0.310 e. The number of hydrogen-bond donors (Lipinski definition) is 0. The Kier molecular flexibility index (Phi) is 14.2. The van der Waals surface area contributed by atoms with E-state index in [0.717, 1.165) is 89.8 Å². The fourth-order valence-electron chi connectivity index (χ4n) is 19.0. The van der Waals surface area contributed by atoms with Crippen molar-refractivity contribution in [1.82, 2.24) is 9.13 Å². The van der Waals surface area contributed by atoms with E-state index >= 15 is 0 Å². The fourth-order valence-corrected chi connectivity index (χ4v) is 19.0. The maximum Gasteiger partial charge on any atom is 0.202 e. The summed E-state index contributed by atoms with van der Waals surface area (Å²) < 4.78 is 4.67. The second-order valence-corrected chi connectivity index (χ2v) is 28.5. The monoisotopic (exact) mass is 1400 g/mol. The van der Waals surface area contributed by atoms with E-state index in [1.807, 2.05) is 18.2 Å². The summed E-state index contributed by atoms with van der Waals surface area (Å²) in [6.07, 6.45) is 0. The van der Waals surface area contributed by atoms with E-state index in [-0.39, 0.29) is 0 Å². The molecule has 0 N–H and O–H groups in total. The molecule has 4 heterocycles. The van der Waals surface area contributed by atoms with E-state index < -0.39 is 10.8 Å². The molecule has 0 saturated carbocycles. The Hall–Kier alpha value is -15.3. The van der Waals surface area contributed by atoms with Crippen LogP contribution < -0.4 is 9.80 Å². The number of hydrogen-bond acceptors (Lipinski definition) is 3. The number of fused-ring (bicyclic) bond motifs is 24. The number of rotatable bonds is 6. The fraction of sp³-hybridized carbons (Fsp3) is 0.0196. The van der Waals surface area contributed by atoms with Crippen LogP contribution >= 0.6 is 0 Å². The van der Waals surface area contributed by atoms with Crippen LogP contribution in [0.15, 0.2) is 364 Å². The number of nitrogens with zero attached hydrogens (tertiary/aromatic N) is 8. The minimum atomic E-state index is -0.522. The summed E-state index contributed by atoms with van der Waals surface area (Å²) in [5.41, 5.74) is 31.6. The predicted octanol–water partition coefficient (Wildman–Crippen LogP) is 26.7. The summed E-state index contributed by atoms with van der Waals surface area (Å²) in [6, 6.07) is 132. The molecule has 16 aromatic carbocycles. The molecule has 4 aliphatic rings. The Labute approximate surface area is 636 Å². The lowest BCUT2D eigenvalue weighted by Crippen LogP contribution is -2.36. The number of aromatic nitrogens is 2. The third-order valence-corrected chi connectivity index (χ3v) is 23.2. The van der Waals surface area contributed by atoms with Crippen molar-refractivity contribution in [3.05, 3.63) is 448 Å². The Bertz CT molecular complexity index is 6860. The van der Waals surface area contributed by atoms with Gasteiger partial charge in [-0.05, 0) is 186 Å². The van der Waals surface area contributed by atoms with Crippen molar-refractivity contribution < 1.29 is 0 Å². The summed E-state index contributed by atoms with van der Waals surface area (Å²) in [6.45, 7) is 24.3. The van der Waals surface area contributed by atoms with E-state index in [1.165, 1.54) is 88.3 Å².